The van der Waals surface area contributed by atoms with Gasteiger partial charge in [0.2, 0.25) is 10.0 Å². The Morgan fingerprint density at radius 1 is 0.914 bits per heavy atom. The standard InChI is InChI=1S/C27H33N3O4S/c1-19-6-9-22(10-7-19)35(33,34)29-14-12-28(13-15-29)17-21(31)18-30-25-11-8-20(2)16-24(25)23-4-3-5-26(32)27(23)30/h6-11,16,21,31H,3-5,12-15,17-18H2,1-2H3. The lowest BCUT2D eigenvalue weighted by atomic mass is 9.94. The Kier molecular flexibility index (Phi) is 6.57. The Morgan fingerprint density at radius 2 is 1.60 bits per heavy atom. The van der Waals surface area contributed by atoms with Gasteiger partial charge in [-0.25, -0.2) is 8.42 Å². The number of ketones is 1. The van der Waals surface area contributed by atoms with Crippen LogP contribution in [-0.4, -0.2) is 71.9 Å². The molecule has 1 saturated heterocycles. The van der Waals surface area contributed by atoms with Gasteiger partial charge in [-0.2, -0.15) is 4.31 Å². The lowest BCUT2D eigenvalue weighted by Gasteiger charge is -2.35. The lowest BCUT2D eigenvalue weighted by Crippen LogP contribution is -2.50. The zero-order chi connectivity index (χ0) is 24.7. The van der Waals surface area contributed by atoms with E-state index in [1.165, 1.54) is 4.31 Å². The Morgan fingerprint density at radius 3 is 2.31 bits per heavy atom. The molecule has 0 saturated carbocycles. The normalized spacial score (nSPS) is 18.7. The molecule has 0 amide bonds. The van der Waals surface area contributed by atoms with Crippen molar-refractivity contribution in [1.29, 1.82) is 0 Å². The number of aromatic nitrogens is 1. The number of aliphatic hydroxyl groups is 1. The van der Waals surface area contributed by atoms with E-state index >= 15 is 0 Å². The van der Waals surface area contributed by atoms with Gasteiger partial charge in [-0.15, -0.1) is 0 Å². The summed E-state index contributed by atoms with van der Waals surface area (Å²) < 4.78 is 29.5. The highest BCUT2D eigenvalue weighted by Crippen LogP contribution is 2.33. The fourth-order valence-electron chi connectivity index (χ4n) is 5.42. The number of aliphatic hydroxyl groups excluding tert-OH is 1. The van der Waals surface area contributed by atoms with E-state index in [0.717, 1.165) is 46.1 Å². The summed E-state index contributed by atoms with van der Waals surface area (Å²) in [4.78, 5) is 15.3. The van der Waals surface area contributed by atoms with Crippen molar-refractivity contribution in [2.45, 2.75) is 50.7 Å². The third-order valence-electron chi connectivity index (χ3n) is 7.27. The molecule has 3 aromatic rings. The summed E-state index contributed by atoms with van der Waals surface area (Å²) in [6.07, 6.45) is 1.65. The van der Waals surface area contributed by atoms with Crippen LogP contribution in [0, 0.1) is 13.8 Å². The van der Waals surface area contributed by atoms with Crippen LogP contribution < -0.4 is 0 Å². The van der Waals surface area contributed by atoms with Crippen LogP contribution in [0.3, 0.4) is 0 Å². The van der Waals surface area contributed by atoms with Crippen LogP contribution >= 0.6 is 0 Å². The first kappa shape index (κ1) is 24.2. The average Bonchev–Trinajstić information content (AvgIpc) is 3.13. The molecule has 186 valence electrons. The van der Waals surface area contributed by atoms with Crippen LogP contribution in [0.25, 0.3) is 10.9 Å². The Hall–Kier alpha value is -2.52. The fraction of sp³-hybridized carbons (Fsp3) is 0.444. The van der Waals surface area contributed by atoms with Crippen molar-refractivity contribution in [3.63, 3.8) is 0 Å². The molecule has 1 aromatic heterocycles. The molecule has 0 radical (unpaired) electrons. The van der Waals surface area contributed by atoms with Crippen LogP contribution in [0.2, 0.25) is 0 Å². The maximum absolute atomic E-state index is 13.0. The highest BCUT2D eigenvalue weighted by atomic mass is 32.2. The highest BCUT2D eigenvalue weighted by Gasteiger charge is 2.30. The summed E-state index contributed by atoms with van der Waals surface area (Å²) in [6.45, 7) is 6.68. The summed E-state index contributed by atoms with van der Waals surface area (Å²) in [5.74, 6) is 0.155. The summed E-state index contributed by atoms with van der Waals surface area (Å²) in [5.41, 5.74) is 5.06. The lowest BCUT2D eigenvalue weighted by molar-refractivity contribution is 0.0798. The van der Waals surface area contributed by atoms with Gasteiger partial charge in [0.05, 0.1) is 23.2 Å². The number of benzene rings is 2. The third kappa shape index (κ3) is 4.68. The second-order valence-electron chi connectivity index (χ2n) is 9.91. The van der Waals surface area contributed by atoms with Crippen LogP contribution in [0.15, 0.2) is 47.4 Å². The van der Waals surface area contributed by atoms with Crippen LogP contribution in [0.5, 0.6) is 0 Å². The number of rotatable bonds is 6. The van der Waals surface area contributed by atoms with E-state index in [4.69, 9.17) is 0 Å². The van der Waals surface area contributed by atoms with Gasteiger partial charge in [-0.1, -0.05) is 29.3 Å². The molecule has 5 rings (SSSR count). The number of sulfonamides is 1. The number of Topliss-reactive ketones (excluding diaryl/α,β-unsaturated/α-hetero) is 1. The SMILES string of the molecule is Cc1ccc(S(=O)(=O)N2CCN(CC(O)Cn3c4c(c5cc(C)ccc53)CCCC4=O)CC2)cc1. The molecular formula is C27H33N3O4S. The van der Waals surface area contributed by atoms with Gasteiger partial charge in [-0.3, -0.25) is 9.69 Å². The number of hydrogen-bond donors (Lipinski definition) is 1. The van der Waals surface area contributed by atoms with Gasteiger partial charge in [0.25, 0.3) is 0 Å². The zero-order valence-corrected chi connectivity index (χ0v) is 21.2. The predicted molar refractivity (Wildman–Crippen MR) is 136 cm³/mol. The monoisotopic (exact) mass is 495 g/mol. The predicted octanol–water partition coefficient (Wildman–Crippen LogP) is 3.14. The number of β-amino-alcohol motifs (C(OH)–C–C–N with tert-alkyl or cyclic N) is 1. The maximum atomic E-state index is 13.0. The number of aryl methyl sites for hydroxylation is 3. The van der Waals surface area contributed by atoms with E-state index in [-0.39, 0.29) is 5.78 Å². The van der Waals surface area contributed by atoms with E-state index in [9.17, 15) is 18.3 Å². The summed E-state index contributed by atoms with van der Waals surface area (Å²) in [6, 6.07) is 13.2. The number of fused-ring (bicyclic) bond motifs is 3. The Labute approximate surface area is 207 Å². The maximum Gasteiger partial charge on any atom is 0.243 e. The van der Waals surface area contributed by atoms with Gasteiger partial charge in [0.15, 0.2) is 5.78 Å². The first-order chi connectivity index (χ1) is 16.7. The molecule has 7 nitrogen and oxygen atoms in total. The molecule has 1 unspecified atom stereocenters. The average molecular weight is 496 g/mol. The Bertz CT molecular complexity index is 1350. The largest absolute Gasteiger partial charge is 0.390 e. The molecule has 1 N–H and O–H groups in total. The number of nitrogens with zero attached hydrogens (tertiary/aromatic N) is 3. The number of piperazine rings is 1. The van der Waals surface area contributed by atoms with Gasteiger partial charge in [-0.05, 0) is 56.5 Å². The zero-order valence-electron chi connectivity index (χ0n) is 20.4. The molecule has 0 spiro atoms. The molecule has 2 heterocycles. The van der Waals surface area contributed by atoms with Crippen LogP contribution in [0.1, 0.15) is 40.0 Å². The van der Waals surface area contributed by atoms with E-state index < -0.39 is 16.1 Å². The highest BCUT2D eigenvalue weighted by molar-refractivity contribution is 7.89. The van der Waals surface area contributed by atoms with Crippen molar-refractivity contribution in [1.82, 2.24) is 13.8 Å². The van der Waals surface area contributed by atoms with Gasteiger partial charge in [0.1, 0.15) is 0 Å². The molecule has 2 aromatic carbocycles. The van der Waals surface area contributed by atoms with E-state index in [2.05, 4.69) is 30.0 Å². The molecule has 35 heavy (non-hydrogen) atoms. The van der Waals surface area contributed by atoms with Crippen molar-refractivity contribution in [2.24, 2.45) is 0 Å². The molecule has 1 aliphatic heterocycles. The minimum atomic E-state index is -3.51. The molecule has 1 atom stereocenters. The molecule has 8 heteroatoms. The first-order valence-corrected chi connectivity index (χ1v) is 13.8. The van der Waals surface area contributed by atoms with Gasteiger partial charge >= 0.3 is 0 Å². The van der Waals surface area contributed by atoms with Crippen molar-refractivity contribution in [3.8, 4) is 0 Å². The second-order valence-corrected chi connectivity index (χ2v) is 11.8. The quantitative estimate of drug-likeness (QED) is 0.568. The summed E-state index contributed by atoms with van der Waals surface area (Å²) in [5, 5.41) is 12.1. The fourth-order valence-corrected chi connectivity index (χ4v) is 6.84. The number of carbonyl (C=O) groups is 1. The minimum Gasteiger partial charge on any atom is -0.390 e. The molecule has 1 fully saturated rings. The summed E-state index contributed by atoms with van der Waals surface area (Å²) in [7, 11) is -3.51. The third-order valence-corrected chi connectivity index (χ3v) is 9.18. The summed E-state index contributed by atoms with van der Waals surface area (Å²) >= 11 is 0. The van der Waals surface area contributed by atoms with E-state index in [1.807, 2.05) is 23.6 Å². The first-order valence-electron chi connectivity index (χ1n) is 12.4. The molecule has 1 aliphatic carbocycles. The molecule has 0 bridgehead atoms. The van der Waals surface area contributed by atoms with Gasteiger partial charge in [0, 0.05) is 50.0 Å². The van der Waals surface area contributed by atoms with Crippen LogP contribution in [0.4, 0.5) is 0 Å². The smallest absolute Gasteiger partial charge is 0.243 e. The molecule has 2 aliphatic rings. The van der Waals surface area contributed by atoms with E-state index in [0.29, 0.717) is 50.6 Å². The topological polar surface area (TPSA) is 82.8 Å². The Balaban J connectivity index is 1.27. The second kappa shape index (κ2) is 9.50. The van der Waals surface area contributed by atoms with Crippen molar-refractivity contribution >= 4 is 26.7 Å². The minimum absolute atomic E-state index is 0.155. The van der Waals surface area contributed by atoms with Crippen molar-refractivity contribution in [2.75, 3.05) is 32.7 Å². The van der Waals surface area contributed by atoms with E-state index in [1.54, 1.807) is 12.1 Å². The molecular weight excluding hydrogens is 462 g/mol. The van der Waals surface area contributed by atoms with Crippen molar-refractivity contribution < 1.29 is 18.3 Å². The van der Waals surface area contributed by atoms with Gasteiger partial charge < -0.3 is 9.67 Å². The number of carbonyl (C=O) groups excluding carboxylic acids is 1. The van der Waals surface area contributed by atoms with Crippen molar-refractivity contribution in [3.05, 3.63) is 64.8 Å². The van der Waals surface area contributed by atoms with Crippen LogP contribution in [-0.2, 0) is 23.0 Å². The number of hydrogen-bond acceptors (Lipinski definition) is 5.